The number of nitro groups is 1. The van der Waals surface area contributed by atoms with E-state index < -0.39 is 16.5 Å². The normalized spacial score (nSPS) is 23.1. The van der Waals surface area contributed by atoms with Crippen molar-refractivity contribution in [2.75, 3.05) is 13.1 Å². The first kappa shape index (κ1) is 14.8. The Morgan fingerprint density at radius 3 is 2.20 bits per heavy atom. The molecule has 1 fully saturated rings. The number of rotatable bonds is 2. The van der Waals surface area contributed by atoms with E-state index in [0.29, 0.717) is 0 Å². The lowest BCUT2D eigenvalue weighted by Crippen LogP contribution is -2.44. The second-order valence-corrected chi connectivity index (χ2v) is 5.22. The first-order valence-corrected chi connectivity index (χ1v) is 6.22. The first-order valence-electron chi connectivity index (χ1n) is 6.22. The summed E-state index contributed by atoms with van der Waals surface area (Å²) in [4.78, 5) is 10.4. The topological polar surface area (TPSA) is 55.2 Å². The van der Waals surface area contributed by atoms with Crippen LogP contribution in [0.3, 0.4) is 0 Å². The second kappa shape index (κ2) is 4.73. The summed E-state index contributed by atoms with van der Waals surface area (Å²) >= 11 is 0. The lowest BCUT2D eigenvalue weighted by atomic mass is 9.77. The van der Waals surface area contributed by atoms with Crippen LogP contribution in [0.15, 0.2) is 12.1 Å². The predicted octanol–water partition coefficient (Wildman–Crippen LogP) is 3.01. The van der Waals surface area contributed by atoms with Gasteiger partial charge in [0.05, 0.1) is 4.92 Å². The molecule has 0 saturated carbocycles. The van der Waals surface area contributed by atoms with Gasteiger partial charge in [-0.25, -0.2) is 0 Å². The van der Waals surface area contributed by atoms with Crippen molar-refractivity contribution >= 4 is 5.69 Å². The van der Waals surface area contributed by atoms with Gasteiger partial charge in [0.1, 0.15) is 5.41 Å². The smallest absolute Gasteiger partial charge is 0.315 e. The van der Waals surface area contributed by atoms with Crippen LogP contribution in [-0.2, 0) is 5.41 Å². The predicted molar refractivity (Wildman–Crippen MR) is 67.8 cm³/mol. The zero-order valence-electron chi connectivity index (χ0n) is 11.2. The summed E-state index contributed by atoms with van der Waals surface area (Å²) in [6.07, 6.45) is -4.43. The molecule has 1 aliphatic rings. The Labute approximate surface area is 114 Å². The number of halogens is 3. The number of hydrogen-bond acceptors (Lipinski definition) is 3. The molecule has 4 nitrogen and oxygen atoms in total. The van der Waals surface area contributed by atoms with Crippen molar-refractivity contribution in [3.05, 3.63) is 38.9 Å². The van der Waals surface area contributed by atoms with E-state index in [1.165, 1.54) is 26.0 Å². The monoisotopic (exact) mass is 288 g/mol. The van der Waals surface area contributed by atoms with E-state index >= 15 is 0 Å². The molecule has 0 aliphatic carbocycles. The Kier molecular flexibility index (Phi) is 3.49. The first-order chi connectivity index (χ1) is 9.19. The van der Waals surface area contributed by atoms with Crippen LogP contribution in [0.1, 0.15) is 23.1 Å². The fourth-order valence-corrected chi connectivity index (χ4v) is 2.86. The molecule has 0 spiro atoms. The van der Waals surface area contributed by atoms with Gasteiger partial charge in [-0.2, -0.15) is 13.2 Å². The summed E-state index contributed by atoms with van der Waals surface area (Å²) in [5, 5.41) is 13.7. The highest BCUT2D eigenvalue weighted by Crippen LogP contribution is 2.46. The Bertz CT molecular complexity index is 526. The molecule has 110 valence electrons. The summed E-state index contributed by atoms with van der Waals surface area (Å²) < 4.78 is 40.4. The van der Waals surface area contributed by atoms with E-state index in [2.05, 4.69) is 5.32 Å². The van der Waals surface area contributed by atoms with Crippen LogP contribution in [0, 0.1) is 24.0 Å². The summed E-state index contributed by atoms with van der Waals surface area (Å²) in [6, 6.07) is 2.59. The van der Waals surface area contributed by atoms with E-state index in [4.69, 9.17) is 0 Å². The Morgan fingerprint density at radius 2 is 1.85 bits per heavy atom. The average molecular weight is 288 g/mol. The molecule has 1 atom stereocenters. The van der Waals surface area contributed by atoms with E-state index in [-0.39, 0.29) is 41.9 Å². The molecule has 0 aromatic heterocycles. The Balaban J connectivity index is 2.60. The lowest BCUT2D eigenvalue weighted by Gasteiger charge is -2.32. The molecular formula is C13H15F3N2O2. The zero-order chi connectivity index (χ0) is 15.1. The standard InChI is InChI=1S/C13H15F3N2O2/c1-8-5-10(6-9(2)11(8)18(19)20)12(13(14,15)16)3-4-17-7-12/h5-6,17H,3-4,7H2,1-2H3/t12-/m0/s1. The van der Waals surface area contributed by atoms with E-state index in [1.807, 2.05) is 0 Å². The Morgan fingerprint density at radius 1 is 1.30 bits per heavy atom. The molecule has 1 aromatic rings. The van der Waals surface area contributed by atoms with Gasteiger partial charge in [0, 0.05) is 17.7 Å². The number of aryl methyl sites for hydroxylation is 2. The van der Waals surface area contributed by atoms with Crippen LogP contribution in [0.4, 0.5) is 18.9 Å². The quantitative estimate of drug-likeness (QED) is 0.672. The van der Waals surface area contributed by atoms with Gasteiger partial charge in [-0.3, -0.25) is 10.1 Å². The maximum Gasteiger partial charge on any atom is 0.399 e. The van der Waals surface area contributed by atoms with Crippen molar-refractivity contribution in [1.29, 1.82) is 0 Å². The number of nitrogens with one attached hydrogen (secondary N) is 1. The van der Waals surface area contributed by atoms with E-state index in [1.54, 1.807) is 0 Å². The van der Waals surface area contributed by atoms with Crippen molar-refractivity contribution in [2.24, 2.45) is 0 Å². The van der Waals surface area contributed by atoms with Crippen LogP contribution >= 0.6 is 0 Å². The number of hydrogen-bond donors (Lipinski definition) is 1. The number of nitro benzene ring substituents is 1. The van der Waals surface area contributed by atoms with Crippen LogP contribution in [0.25, 0.3) is 0 Å². The maximum absolute atomic E-state index is 13.5. The molecule has 1 heterocycles. The van der Waals surface area contributed by atoms with Crippen LogP contribution in [0.5, 0.6) is 0 Å². The summed E-state index contributed by atoms with van der Waals surface area (Å²) in [5.41, 5.74) is -1.42. The summed E-state index contributed by atoms with van der Waals surface area (Å²) in [5.74, 6) is 0. The van der Waals surface area contributed by atoms with Gasteiger partial charge in [-0.1, -0.05) is 0 Å². The van der Waals surface area contributed by atoms with Crippen molar-refractivity contribution in [3.63, 3.8) is 0 Å². The minimum Gasteiger partial charge on any atom is -0.315 e. The molecule has 0 bridgehead atoms. The molecule has 20 heavy (non-hydrogen) atoms. The van der Waals surface area contributed by atoms with Gasteiger partial charge < -0.3 is 5.32 Å². The largest absolute Gasteiger partial charge is 0.399 e. The fourth-order valence-electron chi connectivity index (χ4n) is 2.86. The molecule has 1 saturated heterocycles. The fraction of sp³-hybridized carbons (Fsp3) is 0.538. The molecule has 0 amide bonds. The molecule has 2 rings (SSSR count). The molecule has 1 aliphatic heterocycles. The number of alkyl halides is 3. The van der Waals surface area contributed by atoms with Crippen molar-refractivity contribution in [3.8, 4) is 0 Å². The van der Waals surface area contributed by atoms with E-state index in [0.717, 1.165) is 0 Å². The second-order valence-electron chi connectivity index (χ2n) is 5.22. The third-order valence-electron chi connectivity index (χ3n) is 3.92. The molecule has 1 aromatic carbocycles. The number of nitrogens with zero attached hydrogens (tertiary/aromatic N) is 1. The SMILES string of the molecule is Cc1cc([C@]2(C(F)(F)F)CCNC2)cc(C)c1[N+](=O)[O-]. The highest BCUT2D eigenvalue weighted by Gasteiger charge is 2.57. The summed E-state index contributed by atoms with van der Waals surface area (Å²) in [7, 11) is 0. The Hall–Kier alpha value is -1.63. The third kappa shape index (κ3) is 2.15. The van der Waals surface area contributed by atoms with Gasteiger partial charge in [0.25, 0.3) is 5.69 Å². The molecule has 1 N–H and O–H groups in total. The van der Waals surface area contributed by atoms with Gasteiger partial charge in [0.15, 0.2) is 0 Å². The minimum absolute atomic E-state index is 0.0484. The van der Waals surface area contributed by atoms with Crippen molar-refractivity contribution < 1.29 is 18.1 Å². The maximum atomic E-state index is 13.5. The molecule has 0 radical (unpaired) electrons. The zero-order valence-corrected chi connectivity index (χ0v) is 11.2. The van der Waals surface area contributed by atoms with Crippen LogP contribution < -0.4 is 5.32 Å². The van der Waals surface area contributed by atoms with Gasteiger partial charge in [0.2, 0.25) is 0 Å². The highest BCUT2D eigenvalue weighted by molar-refractivity contribution is 5.51. The van der Waals surface area contributed by atoms with Crippen LogP contribution in [0.2, 0.25) is 0 Å². The van der Waals surface area contributed by atoms with Gasteiger partial charge in [-0.15, -0.1) is 0 Å². The van der Waals surface area contributed by atoms with Gasteiger partial charge >= 0.3 is 6.18 Å². The molecule has 0 unspecified atom stereocenters. The van der Waals surface area contributed by atoms with Crippen molar-refractivity contribution in [2.45, 2.75) is 31.9 Å². The van der Waals surface area contributed by atoms with Crippen LogP contribution in [-0.4, -0.2) is 24.2 Å². The molecule has 7 heteroatoms. The van der Waals surface area contributed by atoms with Gasteiger partial charge in [-0.05, 0) is 44.5 Å². The molecular weight excluding hydrogens is 273 g/mol. The summed E-state index contributed by atoms with van der Waals surface area (Å²) in [6.45, 7) is 3.05. The minimum atomic E-state index is -4.38. The van der Waals surface area contributed by atoms with Crippen molar-refractivity contribution in [1.82, 2.24) is 5.32 Å². The lowest BCUT2D eigenvalue weighted by molar-refractivity contribution is -0.386. The highest BCUT2D eigenvalue weighted by atomic mass is 19.4. The number of benzene rings is 1. The van der Waals surface area contributed by atoms with E-state index in [9.17, 15) is 23.3 Å². The average Bonchev–Trinajstić information content (AvgIpc) is 2.76. The third-order valence-corrected chi connectivity index (χ3v) is 3.92.